The van der Waals surface area contributed by atoms with Gasteiger partial charge >= 0.3 is 5.97 Å². The number of aromatic carboxylic acids is 1. The van der Waals surface area contributed by atoms with E-state index in [-0.39, 0.29) is 28.5 Å². The Morgan fingerprint density at radius 1 is 0.625 bits per heavy atom. The van der Waals surface area contributed by atoms with Crippen molar-refractivity contribution < 1.29 is 24.3 Å². The van der Waals surface area contributed by atoms with Crippen LogP contribution >= 0.6 is 0 Å². The average molecular weight is 324 g/mol. The molecule has 24 heavy (non-hydrogen) atoms. The summed E-state index contributed by atoms with van der Waals surface area (Å²) >= 11 is 0. The minimum Gasteiger partial charge on any atom is -0.478 e. The molecule has 2 aromatic rings. The largest absolute Gasteiger partial charge is 0.478 e. The molecule has 0 aliphatic heterocycles. The average Bonchev–Trinajstić information content (AvgIpc) is 2.53. The molecule has 0 spiro atoms. The van der Waals surface area contributed by atoms with E-state index in [2.05, 4.69) is 0 Å². The Kier molecular flexibility index (Phi) is 4.74. The topological polar surface area (TPSA) is 88.5 Å². The molecule has 0 heterocycles. The first-order valence-corrected chi connectivity index (χ1v) is 7.27. The number of hydrogen-bond donors (Lipinski definition) is 1. The van der Waals surface area contributed by atoms with Gasteiger partial charge in [0.05, 0.1) is 5.56 Å². The van der Waals surface area contributed by atoms with Crippen LogP contribution in [0, 0.1) is 0 Å². The van der Waals surface area contributed by atoms with Crippen molar-refractivity contribution >= 4 is 23.3 Å². The zero-order valence-corrected chi connectivity index (χ0v) is 13.5. The predicted octanol–water partition coefficient (Wildman–Crippen LogP) is 3.66. The Labute approximate surface area is 138 Å². The van der Waals surface area contributed by atoms with E-state index in [1.165, 1.54) is 32.9 Å². The molecule has 5 heteroatoms. The lowest BCUT2D eigenvalue weighted by molar-refractivity contribution is 0.0692. The Morgan fingerprint density at radius 3 is 1.38 bits per heavy atom. The van der Waals surface area contributed by atoms with Crippen molar-refractivity contribution in [1.29, 1.82) is 0 Å². The molecule has 0 aromatic heterocycles. The lowest BCUT2D eigenvalue weighted by Crippen LogP contribution is -2.07. The van der Waals surface area contributed by atoms with Crippen molar-refractivity contribution in [2.75, 3.05) is 0 Å². The van der Waals surface area contributed by atoms with Gasteiger partial charge in [0.15, 0.2) is 17.3 Å². The third-order valence-corrected chi connectivity index (χ3v) is 3.74. The van der Waals surface area contributed by atoms with E-state index >= 15 is 0 Å². The Hall–Kier alpha value is -3.08. The van der Waals surface area contributed by atoms with E-state index in [1.807, 2.05) is 0 Å². The van der Waals surface area contributed by atoms with Gasteiger partial charge in [-0.05, 0) is 50.1 Å². The normalized spacial score (nSPS) is 10.3. The van der Waals surface area contributed by atoms with Crippen molar-refractivity contribution in [2.45, 2.75) is 20.8 Å². The standard InChI is InChI=1S/C19H16O5/c1-10(20)15-6-4-13(8-17(15)11(2)21)14-5-7-16(19(23)24)18(9-14)12(3)22/h4-9H,1-3H3,(H,23,24). The van der Waals surface area contributed by atoms with Crippen LogP contribution in [0.4, 0.5) is 0 Å². The molecule has 0 saturated heterocycles. The number of ketones is 3. The van der Waals surface area contributed by atoms with Crippen LogP contribution in [0.5, 0.6) is 0 Å². The molecule has 5 nitrogen and oxygen atoms in total. The van der Waals surface area contributed by atoms with Crippen LogP contribution in [0.15, 0.2) is 36.4 Å². The molecule has 0 amide bonds. The van der Waals surface area contributed by atoms with Gasteiger partial charge in [0.25, 0.3) is 0 Å². The van der Waals surface area contributed by atoms with E-state index < -0.39 is 5.97 Å². The van der Waals surface area contributed by atoms with Gasteiger partial charge in [0, 0.05) is 16.7 Å². The summed E-state index contributed by atoms with van der Waals surface area (Å²) in [6, 6.07) is 9.23. The summed E-state index contributed by atoms with van der Waals surface area (Å²) < 4.78 is 0. The van der Waals surface area contributed by atoms with Crippen LogP contribution in [-0.2, 0) is 0 Å². The molecule has 1 N–H and O–H groups in total. The molecule has 0 unspecified atom stereocenters. The van der Waals surface area contributed by atoms with Crippen LogP contribution in [0.2, 0.25) is 0 Å². The quantitative estimate of drug-likeness (QED) is 0.848. The number of Topliss-reactive ketones (excluding diaryl/α,β-unsaturated/α-hetero) is 3. The summed E-state index contributed by atoms with van der Waals surface area (Å²) in [5.41, 5.74) is 1.89. The third-order valence-electron chi connectivity index (χ3n) is 3.74. The first kappa shape index (κ1) is 17.3. The predicted molar refractivity (Wildman–Crippen MR) is 88.9 cm³/mol. The molecule has 0 aliphatic carbocycles. The van der Waals surface area contributed by atoms with E-state index in [9.17, 15) is 19.2 Å². The molecule has 0 fully saturated rings. The fourth-order valence-corrected chi connectivity index (χ4v) is 2.52. The smallest absolute Gasteiger partial charge is 0.336 e. The summed E-state index contributed by atoms with van der Waals surface area (Å²) in [6.45, 7) is 4.06. The van der Waals surface area contributed by atoms with Crippen LogP contribution < -0.4 is 0 Å². The molecule has 0 radical (unpaired) electrons. The fourth-order valence-electron chi connectivity index (χ4n) is 2.52. The van der Waals surface area contributed by atoms with Gasteiger partial charge < -0.3 is 5.11 Å². The molecule has 2 rings (SSSR count). The van der Waals surface area contributed by atoms with Crippen LogP contribution in [0.1, 0.15) is 62.2 Å². The van der Waals surface area contributed by atoms with Crippen molar-refractivity contribution in [3.63, 3.8) is 0 Å². The van der Waals surface area contributed by atoms with Gasteiger partial charge in [-0.2, -0.15) is 0 Å². The maximum absolute atomic E-state index is 11.8. The Bertz CT molecular complexity index is 804. The lowest BCUT2D eigenvalue weighted by atomic mass is 9.93. The number of benzene rings is 2. The van der Waals surface area contributed by atoms with Crippen molar-refractivity contribution in [2.24, 2.45) is 0 Å². The Morgan fingerprint density at radius 2 is 1.00 bits per heavy atom. The highest BCUT2D eigenvalue weighted by molar-refractivity contribution is 6.08. The monoisotopic (exact) mass is 324 g/mol. The second-order valence-corrected chi connectivity index (χ2v) is 5.49. The highest BCUT2D eigenvalue weighted by Gasteiger charge is 2.16. The number of rotatable bonds is 5. The maximum atomic E-state index is 11.8. The molecule has 122 valence electrons. The first-order chi connectivity index (χ1) is 11.2. The highest BCUT2D eigenvalue weighted by Crippen LogP contribution is 2.26. The molecule has 0 atom stereocenters. The number of carbonyl (C=O) groups excluding carboxylic acids is 3. The van der Waals surface area contributed by atoms with Gasteiger partial charge in [0.1, 0.15) is 0 Å². The minimum atomic E-state index is -1.18. The fraction of sp³-hybridized carbons (Fsp3) is 0.158. The van der Waals surface area contributed by atoms with Crippen molar-refractivity contribution in [3.8, 4) is 11.1 Å². The van der Waals surface area contributed by atoms with Gasteiger partial charge in [-0.3, -0.25) is 14.4 Å². The lowest BCUT2D eigenvalue weighted by Gasteiger charge is -2.10. The van der Waals surface area contributed by atoms with Gasteiger partial charge in [-0.15, -0.1) is 0 Å². The number of carboxylic acid groups (broad SMARTS) is 1. The zero-order chi connectivity index (χ0) is 18.0. The van der Waals surface area contributed by atoms with E-state index in [0.717, 1.165) is 0 Å². The molecule has 0 aliphatic rings. The summed E-state index contributed by atoms with van der Waals surface area (Å²) in [7, 11) is 0. The van der Waals surface area contributed by atoms with Gasteiger partial charge in [-0.1, -0.05) is 18.2 Å². The van der Waals surface area contributed by atoms with Gasteiger partial charge in [-0.25, -0.2) is 4.79 Å². The summed E-state index contributed by atoms with van der Waals surface area (Å²) in [4.78, 5) is 46.3. The van der Waals surface area contributed by atoms with Crippen LogP contribution in [-0.4, -0.2) is 28.4 Å². The Balaban J connectivity index is 2.64. The molecule has 2 aromatic carbocycles. The number of carbonyl (C=O) groups is 4. The molecular formula is C19H16O5. The zero-order valence-electron chi connectivity index (χ0n) is 13.5. The van der Waals surface area contributed by atoms with Crippen LogP contribution in [0.3, 0.4) is 0 Å². The second-order valence-electron chi connectivity index (χ2n) is 5.49. The third kappa shape index (κ3) is 3.30. The summed E-state index contributed by atoms with van der Waals surface area (Å²) in [6.07, 6.45) is 0. The highest BCUT2D eigenvalue weighted by atomic mass is 16.4. The van der Waals surface area contributed by atoms with Crippen molar-refractivity contribution in [1.82, 2.24) is 0 Å². The minimum absolute atomic E-state index is 0.0709. The molecule has 0 saturated carbocycles. The van der Waals surface area contributed by atoms with Crippen LogP contribution in [0.25, 0.3) is 11.1 Å². The molecule has 0 bridgehead atoms. The SMILES string of the molecule is CC(=O)c1ccc(-c2ccc(C(=O)O)c(C(C)=O)c2)cc1C(C)=O. The summed E-state index contributed by atoms with van der Waals surface area (Å²) in [5, 5.41) is 9.16. The maximum Gasteiger partial charge on any atom is 0.336 e. The van der Waals surface area contributed by atoms with E-state index in [0.29, 0.717) is 22.3 Å². The number of carboxylic acids is 1. The van der Waals surface area contributed by atoms with Crippen molar-refractivity contribution in [3.05, 3.63) is 58.7 Å². The van der Waals surface area contributed by atoms with Gasteiger partial charge in [0.2, 0.25) is 0 Å². The molecular weight excluding hydrogens is 308 g/mol. The first-order valence-electron chi connectivity index (χ1n) is 7.27. The summed E-state index contributed by atoms with van der Waals surface area (Å²) in [5.74, 6) is -1.99. The van der Waals surface area contributed by atoms with E-state index in [1.54, 1.807) is 24.3 Å². The number of hydrogen-bond acceptors (Lipinski definition) is 4. The van der Waals surface area contributed by atoms with E-state index in [4.69, 9.17) is 5.11 Å². The second kappa shape index (κ2) is 6.58.